The third-order valence-corrected chi connectivity index (χ3v) is 2.64. The molecule has 0 saturated heterocycles. The molecule has 0 radical (unpaired) electrons. The van der Waals surface area contributed by atoms with Crippen molar-refractivity contribution in [2.45, 2.75) is 25.1 Å². The molecule has 1 aromatic carbocycles. The molecule has 19 heavy (non-hydrogen) atoms. The van der Waals surface area contributed by atoms with Crippen molar-refractivity contribution >= 4 is 16.9 Å². The van der Waals surface area contributed by atoms with E-state index in [1.807, 2.05) is 6.20 Å². The normalized spacial score (nSPS) is 14.9. The van der Waals surface area contributed by atoms with Gasteiger partial charge in [-0.1, -0.05) is 18.2 Å². The second kappa shape index (κ2) is 4.91. The fourth-order valence-electron chi connectivity index (χ4n) is 1.60. The molecule has 3 rings (SSSR count). The highest BCUT2D eigenvalue weighted by Crippen LogP contribution is 2.36. The van der Waals surface area contributed by atoms with Crippen LogP contribution in [-0.4, -0.2) is 27.0 Å². The van der Waals surface area contributed by atoms with E-state index < -0.39 is 12.1 Å². The molecular weight excluding hydrogens is 261 g/mol. The molecule has 1 aliphatic carbocycles. The van der Waals surface area contributed by atoms with E-state index in [1.165, 1.54) is 23.7 Å². The maximum atomic E-state index is 10.6. The zero-order valence-electron chi connectivity index (χ0n) is 9.76. The van der Waals surface area contributed by atoms with Crippen molar-refractivity contribution in [3.63, 3.8) is 0 Å². The molecule has 0 unspecified atom stereocenters. The van der Waals surface area contributed by atoms with Gasteiger partial charge in [-0.05, 0) is 18.9 Å². The number of nitrogens with zero attached hydrogens (tertiary/aromatic N) is 2. The number of benzene rings is 1. The van der Waals surface area contributed by atoms with Crippen LogP contribution in [0, 0.1) is 0 Å². The number of hydrogen-bond donors (Lipinski definition) is 1. The molecule has 7 heteroatoms. The summed E-state index contributed by atoms with van der Waals surface area (Å²) in [6.07, 6.45) is -0.537. The Hall–Kier alpha value is -2.05. The van der Waals surface area contributed by atoms with Gasteiger partial charge in [0, 0.05) is 5.39 Å². The van der Waals surface area contributed by atoms with Gasteiger partial charge < -0.3 is 5.11 Å². The average Bonchev–Trinajstić information content (AvgIpc) is 3.09. The number of carbonyl (C=O) groups is 1. The molecule has 1 aromatic heterocycles. The minimum atomic E-state index is -5.08. The van der Waals surface area contributed by atoms with Gasteiger partial charge in [0.05, 0.1) is 17.8 Å². The van der Waals surface area contributed by atoms with Crippen LogP contribution in [0.1, 0.15) is 18.9 Å². The molecule has 1 aliphatic rings. The molecule has 0 spiro atoms. The van der Waals surface area contributed by atoms with Crippen molar-refractivity contribution < 1.29 is 23.1 Å². The van der Waals surface area contributed by atoms with E-state index in [1.54, 1.807) is 0 Å². The summed E-state index contributed by atoms with van der Waals surface area (Å²) in [6, 6.07) is 9.07. The molecule has 4 nitrogen and oxygen atoms in total. The Balaban J connectivity index is 0.000000167. The van der Waals surface area contributed by atoms with E-state index >= 15 is 0 Å². The number of halogens is 3. The number of carboxylic acid groups (broad SMARTS) is 1. The molecule has 1 saturated carbocycles. The lowest BCUT2D eigenvalue weighted by molar-refractivity contribution is -0.192. The summed E-state index contributed by atoms with van der Waals surface area (Å²) in [5.74, 6) is -2.76. The maximum Gasteiger partial charge on any atom is 0.490 e. The summed E-state index contributed by atoms with van der Waals surface area (Å²) in [7, 11) is 0. The number of aliphatic carboxylic acids is 1. The van der Waals surface area contributed by atoms with Gasteiger partial charge >= 0.3 is 12.1 Å². The van der Waals surface area contributed by atoms with Crippen molar-refractivity contribution in [2.75, 3.05) is 0 Å². The number of para-hydroxylation sites is 1. The van der Waals surface area contributed by atoms with Crippen LogP contribution in [0.5, 0.6) is 0 Å². The van der Waals surface area contributed by atoms with Crippen molar-refractivity contribution in [2.24, 2.45) is 0 Å². The molecular formula is C12H11F3N2O2. The third kappa shape index (κ3) is 3.24. The summed E-state index contributed by atoms with van der Waals surface area (Å²) < 4.78 is 33.9. The monoisotopic (exact) mass is 272 g/mol. The summed E-state index contributed by atoms with van der Waals surface area (Å²) >= 11 is 0. The van der Waals surface area contributed by atoms with Crippen LogP contribution in [0.2, 0.25) is 0 Å². The zero-order valence-corrected chi connectivity index (χ0v) is 9.76. The number of carboxylic acids is 1. The smallest absolute Gasteiger partial charge is 0.475 e. The first-order valence-electron chi connectivity index (χ1n) is 5.62. The van der Waals surface area contributed by atoms with Gasteiger partial charge in [0.1, 0.15) is 0 Å². The highest BCUT2D eigenvalue weighted by Gasteiger charge is 2.38. The van der Waals surface area contributed by atoms with Gasteiger partial charge in [-0.15, -0.1) is 0 Å². The van der Waals surface area contributed by atoms with Crippen LogP contribution in [0.15, 0.2) is 30.5 Å². The summed E-state index contributed by atoms with van der Waals surface area (Å²) in [5.41, 5.74) is 1.28. The van der Waals surface area contributed by atoms with Gasteiger partial charge in [0.15, 0.2) is 0 Å². The minimum Gasteiger partial charge on any atom is -0.475 e. The quantitative estimate of drug-likeness (QED) is 0.868. The summed E-state index contributed by atoms with van der Waals surface area (Å²) in [4.78, 5) is 8.90. The van der Waals surface area contributed by atoms with Gasteiger partial charge in [0.2, 0.25) is 0 Å². The summed E-state index contributed by atoms with van der Waals surface area (Å²) in [5, 5.41) is 12.8. The van der Waals surface area contributed by atoms with Gasteiger partial charge in [-0.25, -0.2) is 4.79 Å². The molecule has 1 N–H and O–H groups in total. The van der Waals surface area contributed by atoms with Crippen LogP contribution in [-0.2, 0) is 4.79 Å². The van der Waals surface area contributed by atoms with Crippen LogP contribution in [0.4, 0.5) is 13.2 Å². The number of hydrogen-bond acceptors (Lipinski definition) is 2. The van der Waals surface area contributed by atoms with Crippen LogP contribution in [0.3, 0.4) is 0 Å². The fraction of sp³-hybridized carbons (Fsp3) is 0.333. The van der Waals surface area contributed by atoms with Crippen molar-refractivity contribution in [3.05, 3.63) is 30.5 Å². The van der Waals surface area contributed by atoms with Crippen LogP contribution < -0.4 is 0 Å². The molecule has 2 aromatic rings. The van der Waals surface area contributed by atoms with E-state index in [4.69, 9.17) is 9.90 Å². The van der Waals surface area contributed by atoms with Gasteiger partial charge in [0.25, 0.3) is 0 Å². The Bertz CT molecular complexity index is 588. The second-order valence-electron chi connectivity index (χ2n) is 4.18. The van der Waals surface area contributed by atoms with Crippen molar-refractivity contribution in [1.29, 1.82) is 0 Å². The maximum absolute atomic E-state index is 10.6. The molecule has 0 aliphatic heterocycles. The Morgan fingerprint density at radius 1 is 1.32 bits per heavy atom. The first-order valence-corrected chi connectivity index (χ1v) is 5.62. The van der Waals surface area contributed by atoms with Crippen molar-refractivity contribution in [1.82, 2.24) is 9.78 Å². The van der Waals surface area contributed by atoms with Crippen molar-refractivity contribution in [3.8, 4) is 0 Å². The molecule has 102 valence electrons. The predicted octanol–water partition coefficient (Wildman–Crippen LogP) is 3.00. The zero-order chi connectivity index (χ0) is 14.0. The minimum absolute atomic E-state index is 0.685. The van der Waals surface area contributed by atoms with E-state index in [0.29, 0.717) is 6.04 Å². The third-order valence-electron chi connectivity index (χ3n) is 2.64. The molecule has 1 heterocycles. The Kier molecular flexibility index (Phi) is 3.46. The van der Waals surface area contributed by atoms with E-state index in [0.717, 1.165) is 0 Å². The first kappa shape index (κ1) is 13.4. The SMILES string of the molecule is O=C(O)C(F)(F)F.c1ccc2c(c1)cnn2C1CC1. The number of fused-ring (bicyclic) bond motifs is 1. The van der Waals surface area contributed by atoms with E-state index in [9.17, 15) is 13.2 Å². The van der Waals surface area contributed by atoms with Crippen LogP contribution in [0.25, 0.3) is 10.9 Å². The van der Waals surface area contributed by atoms with Crippen LogP contribution >= 0.6 is 0 Å². The largest absolute Gasteiger partial charge is 0.490 e. The number of aromatic nitrogens is 2. The Morgan fingerprint density at radius 3 is 2.42 bits per heavy atom. The molecule has 0 bridgehead atoms. The molecule has 0 atom stereocenters. The standard InChI is InChI=1S/C10H10N2.C2HF3O2/c1-2-4-10-8(3-1)7-11-12(10)9-5-6-9;3-2(4,5)1(6)7/h1-4,7,9H,5-6H2;(H,6,7). The predicted molar refractivity (Wildman–Crippen MR) is 61.7 cm³/mol. The molecule has 0 amide bonds. The number of rotatable bonds is 1. The Labute approximate surface area is 106 Å². The average molecular weight is 272 g/mol. The lowest BCUT2D eigenvalue weighted by Gasteiger charge is -1.98. The highest BCUT2D eigenvalue weighted by molar-refractivity contribution is 5.78. The highest BCUT2D eigenvalue weighted by atomic mass is 19.4. The number of alkyl halides is 3. The van der Waals surface area contributed by atoms with E-state index in [-0.39, 0.29) is 0 Å². The summed E-state index contributed by atoms with van der Waals surface area (Å²) in [6.45, 7) is 0. The fourth-order valence-corrected chi connectivity index (χ4v) is 1.60. The molecule has 1 fully saturated rings. The lowest BCUT2D eigenvalue weighted by Crippen LogP contribution is -2.21. The first-order chi connectivity index (χ1) is 8.89. The second-order valence-corrected chi connectivity index (χ2v) is 4.18. The van der Waals surface area contributed by atoms with Gasteiger partial charge in [-0.2, -0.15) is 18.3 Å². The topological polar surface area (TPSA) is 55.1 Å². The Morgan fingerprint density at radius 2 is 1.89 bits per heavy atom. The lowest BCUT2D eigenvalue weighted by atomic mass is 10.2. The van der Waals surface area contributed by atoms with Gasteiger partial charge in [-0.3, -0.25) is 4.68 Å². The van der Waals surface area contributed by atoms with E-state index in [2.05, 4.69) is 34.0 Å².